The molecule has 1 heterocycles. The van der Waals surface area contributed by atoms with Crippen LogP contribution in [0, 0.1) is 0 Å². The van der Waals surface area contributed by atoms with Gasteiger partial charge in [-0.15, -0.1) is 0 Å². The van der Waals surface area contributed by atoms with Crippen molar-refractivity contribution in [1.29, 1.82) is 0 Å². The van der Waals surface area contributed by atoms with E-state index in [9.17, 15) is 9.59 Å². The van der Waals surface area contributed by atoms with Crippen LogP contribution in [0.3, 0.4) is 0 Å². The lowest BCUT2D eigenvalue weighted by atomic mass is 10.0. The summed E-state index contributed by atoms with van der Waals surface area (Å²) in [4.78, 5) is 26.9. The minimum absolute atomic E-state index is 0.0718. The van der Waals surface area contributed by atoms with Gasteiger partial charge in [-0.1, -0.05) is 42.5 Å². The van der Waals surface area contributed by atoms with Gasteiger partial charge in [0.2, 0.25) is 11.8 Å². The minimum atomic E-state index is -0.574. The molecule has 0 radical (unpaired) electrons. The Kier molecular flexibility index (Phi) is 4.84. The van der Waals surface area contributed by atoms with E-state index in [-0.39, 0.29) is 18.2 Å². The first kappa shape index (κ1) is 16.8. The maximum atomic E-state index is 12.6. The van der Waals surface area contributed by atoms with Gasteiger partial charge in [0.15, 0.2) is 0 Å². The third-order valence-corrected chi connectivity index (χ3v) is 4.03. The van der Waals surface area contributed by atoms with Gasteiger partial charge in [0.25, 0.3) is 0 Å². The molecule has 2 aromatic rings. The molecule has 2 aromatic carbocycles. The Morgan fingerprint density at radius 2 is 1.84 bits per heavy atom. The van der Waals surface area contributed by atoms with Gasteiger partial charge in [-0.2, -0.15) is 0 Å². The van der Waals surface area contributed by atoms with E-state index in [2.05, 4.69) is 17.2 Å². The number of carbonyl (C=O) groups excluding carboxylic acids is 2. The maximum Gasteiger partial charge on any atom is 0.247 e. The van der Waals surface area contributed by atoms with Crippen molar-refractivity contribution in [2.45, 2.75) is 19.4 Å². The van der Waals surface area contributed by atoms with Crippen LogP contribution in [0.15, 0.2) is 66.7 Å². The van der Waals surface area contributed by atoms with E-state index in [4.69, 9.17) is 0 Å². The largest absolute Gasteiger partial charge is 0.353 e. The second kappa shape index (κ2) is 7.21. The lowest BCUT2D eigenvalue weighted by Crippen LogP contribution is -2.50. The van der Waals surface area contributed by atoms with Gasteiger partial charge < -0.3 is 15.5 Å². The topological polar surface area (TPSA) is 61.4 Å². The number of benzene rings is 2. The molecule has 0 bridgehead atoms. The van der Waals surface area contributed by atoms with E-state index in [1.165, 1.54) is 0 Å². The fourth-order valence-corrected chi connectivity index (χ4v) is 2.95. The Hall–Kier alpha value is -3.08. The lowest BCUT2D eigenvalue weighted by molar-refractivity contribution is -0.122. The summed E-state index contributed by atoms with van der Waals surface area (Å²) >= 11 is 0. The van der Waals surface area contributed by atoms with Crippen LogP contribution in [0.4, 0.5) is 17.1 Å². The lowest BCUT2D eigenvalue weighted by Gasteiger charge is -2.38. The summed E-state index contributed by atoms with van der Waals surface area (Å²) in [5.41, 5.74) is 3.31. The van der Waals surface area contributed by atoms with Gasteiger partial charge in [-0.3, -0.25) is 9.59 Å². The highest BCUT2D eigenvalue weighted by Crippen LogP contribution is 2.33. The Labute approximate surface area is 147 Å². The maximum absolute atomic E-state index is 12.6. The molecule has 1 aliphatic heterocycles. The number of para-hydroxylation sites is 3. The fourth-order valence-electron chi connectivity index (χ4n) is 2.95. The third kappa shape index (κ3) is 3.88. The fraction of sp³-hybridized carbons (Fsp3) is 0.200. The quantitative estimate of drug-likeness (QED) is 0.823. The van der Waals surface area contributed by atoms with E-state index in [1.807, 2.05) is 66.4 Å². The molecule has 0 saturated heterocycles. The number of nitrogens with zero attached hydrogens (tertiary/aromatic N) is 1. The first-order valence-corrected chi connectivity index (χ1v) is 8.20. The molecule has 0 aliphatic carbocycles. The highest BCUT2D eigenvalue weighted by Gasteiger charge is 2.34. The summed E-state index contributed by atoms with van der Waals surface area (Å²) in [6.07, 6.45) is 0.0718. The summed E-state index contributed by atoms with van der Waals surface area (Å²) in [5, 5.41) is 5.73. The first-order valence-electron chi connectivity index (χ1n) is 8.20. The summed E-state index contributed by atoms with van der Waals surface area (Å²) in [6.45, 7) is 6.39. The van der Waals surface area contributed by atoms with Crippen molar-refractivity contribution in [3.05, 3.63) is 66.7 Å². The number of rotatable bonds is 5. The summed E-state index contributed by atoms with van der Waals surface area (Å²) < 4.78 is 0. The molecule has 1 aliphatic rings. The van der Waals surface area contributed by atoms with Gasteiger partial charge >= 0.3 is 0 Å². The van der Waals surface area contributed by atoms with Crippen molar-refractivity contribution in [2.75, 3.05) is 22.1 Å². The monoisotopic (exact) mass is 335 g/mol. The van der Waals surface area contributed by atoms with Crippen molar-refractivity contribution < 1.29 is 9.59 Å². The van der Waals surface area contributed by atoms with Crippen molar-refractivity contribution in [3.63, 3.8) is 0 Å². The Balaban J connectivity index is 1.81. The summed E-state index contributed by atoms with van der Waals surface area (Å²) in [6, 6.07) is 16.3. The van der Waals surface area contributed by atoms with Gasteiger partial charge in [-0.05, 0) is 31.2 Å². The zero-order valence-electron chi connectivity index (χ0n) is 14.2. The first-order chi connectivity index (χ1) is 12.0. The molecule has 1 unspecified atom stereocenters. The van der Waals surface area contributed by atoms with Crippen LogP contribution in [0.25, 0.3) is 0 Å². The van der Waals surface area contributed by atoms with Crippen LogP contribution in [0.2, 0.25) is 0 Å². The molecule has 2 amide bonds. The van der Waals surface area contributed by atoms with Crippen LogP contribution in [-0.4, -0.2) is 24.4 Å². The van der Waals surface area contributed by atoms with Gasteiger partial charge in [-0.25, -0.2) is 0 Å². The minimum Gasteiger partial charge on any atom is -0.353 e. The molecule has 2 N–H and O–H groups in total. The highest BCUT2D eigenvalue weighted by atomic mass is 16.2. The third-order valence-electron chi connectivity index (χ3n) is 4.03. The number of anilines is 3. The van der Waals surface area contributed by atoms with Crippen LogP contribution < -0.4 is 15.5 Å². The Bertz CT molecular complexity index is 802. The number of amides is 2. The molecule has 0 saturated carbocycles. The van der Waals surface area contributed by atoms with Gasteiger partial charge in [0.1, 0.15) is 6.04 Å². The summed E-state index contributed by atoms with van der Waals surface area (Å²) in [5.74, 6) is -0.374. The number of hydrogen-bond acceptors (Lipinski definition) is 3. The molecular weight excluding hydrogens is 314 g/mol. The van der Waals surface area contributed by atoms with Gasteiger partial charge in [0, 0.05) is 12.2 Å². The van der Waals surface area contributed by atoms with E-state index in [1.54, 1.807) is 0 Å². The number of nitrogens with one attached hydrogen (secondary N) is 2. The van der Waals surface area contributed by atoms with Gasteiger partial charge in [0.05, 0.1) is 17.8 Å². The van der Waals surface area contributed by atoms with E-state index < -0.39 is 6.04 Å². The predicted octanol–water partition coefficient (Wildman–Crippen LogP) is 3.42. The molecular formula is C20H21N3O2. The van der Waals surface area contributed by atoms with Crippen LogP contribution in [0.1, 0.15) is 13.3 Å². The second-order valence-corrected chi connectivity index (χ2v) is 6.23. The molecule has 128 valence electrons. The Morgan fingerprint density at radius 1 is 1.16 bits per heavy atom. The average molecular weight is 335 g/mol. The molecule has 5 nitrogen and oxygen atoms in total. The molecule has 0 aromatic heterocycles. The highest BCUT2D eigenvalue weighted by molar-refractivity contribution is 6.06. The molecule has 25 heavy (non-hydrogen) atoms. The van der Waals surface area contributed by atoms with E-state index in [0.29, 0.717) is 6.54 Å². The zero-order chi connectivity index (χ0) is 17.8. The normalized spacial score (nSPS) is 16.0. The average Bonchev–Trinajstić information content (AvgIpc) is 2.58. The smallest absolute Gasteiger partial charge is 0.247 e. The van der Waals surface area contributed by atoms with Crippen molar-refractivity contribution in [2.24, 2.45) is 0 Å². The molecule has 1 atom stereocenters. The number of fused-ring (bicyclic) bond motifs is 1. The molecule has 3 rings (SSSR count). The van der Waals surface area contributed by atoms with Crippen molar-refractivity contribution in [3.8, 4) is 0 Å². The van der Waals surface area contributed by atoms with Crippen LogP contribution >= 0.6 is 0 Å². The standard InChI is InChI=1S/C20H21N3O2/c1-14(2)13-23-17-11-7-6-10-16(17)22-20(25)18(23)12-19(24)21-15-8-4-3-5-9-15/h3-11,18H,1,12-13H2,2H3,(H,21,24)(H,22,25). The van der Waals surface area contributed by atoms with Crippen molar-refractivity contribution in [1.82, 2.24) is 0 Å². The number of hydrogen-bond donors (Lipinski definition) is 2. The molecule has 5 heteroatoms. The van der Waals surface area contributed by atoms with E-state index >= 15 is 0 Å². The van der Waals surface area contributed by atoms with Crippen LogP contribution in [0.5, 0.6) is 0 Å². The zero-order valence-corrected chi connectivity index (χ0v) is 14.2. The second-order valence-electron chi connectivity index (χ2n) is 6.23. The Morgan fingerprint density at radius 3 is 2.56 bits per heavy atom. The van der Waals surface area contributed by atoms with Crippen molar-refractivity contribution >= 4 is 28.9 Å². The summed E-state index contributed by atoms with van der Waals surface area (Å²) in [7, 11) is 0. The van der Waals surface area contributed by atoms with E-state index in [0.717, 1.165) is 22.6 Å². The molecule has 0 fully saturated rings. The molecule has 0 spiro atoms. The predicted molar refractivity (Wildman–Crippen MR) is 101 cm³/mol. The number of carbonyl (C=O) groups is 2. The van der Waals surface area contributed by atoms with Crippen LogP contribution in [-0.2, 0) is 9.59 Å². The SMILES string of the molecule is C=C(C)CN1c2ccccc2NC(=O)C1CC(=O)Nc1ccccc1.